The molecule has 1 atom stereocenters. The van der Waals surface area contributed by atoms with Gasteiger partial charge >= 0.3 is 12.0 Å². The van der Waals surface area contributed by atoms with E-state index in [4.69, 9.17) is 5.11 Å². The van der Waals surface area contributed by atoms with Gasteiger partial charge in [0.05, 0.1) is 0 Å². The summed E-state index contributed by atoms with van der Waals surface area (Å²) in [6.07, 6.45) is 0. The minimum absolute atomic E-state index is 0.106. The van der Waals surface area contributed by atoms with E-state index in [1.54, 1.807) is 0 Å². The number of carboxylic acid groups (broad SMARTS) is 1. The van der Waals surface area contributed by atoms with Crippen LogP contribution >= 0.6 is 0 Å². The van der Waals surface area contributed by atoms with E-state index < -0.39 is 18.0 Å². The Morgan fingerprint density at radius 1 is 1.22 bits per heavy atom. The van der Waals surface area contributed by atoms with Gasteiger partial charge < -0.3 is 20.6 Å². The second-order valence-corrected chi connectivity index (χ2v) is 4.56. The fraction of sp³-hybridized carbons (Fsp3) is 0.727. The summed E-state index contributed by atoms with van der Waals surface area (Å²) in [7, 11) is 1.43. The molecule has 0 unspecified atom stereocenters. The average molecular weight is 259 g/mol. The van der Waals surface area contributed by atoms with Crippen molar-refractivity contribution >= 4 is 17.9 Å². The summed E-state index contributed by atoms with van der Waals surface area (Å²) in [4.78, 5) is 34.6. The first kappa shape index (κ1) is 16.2. The number of carbonyl (C=O) groups is 3. The van der Waals surface area contributed by atoms with Gasteiger partial charge in [-0.2, -0.15) is 0 Å². The fourth-order valence-electron chi connectivity index (χ4n) is 1.02. The third-order valence-corrected chi connectivity index (χ3v) is 2.15. The predicted molar refractivity (Wildman–Crippen MR) is 66.1 cm³/mol. The molecule has 0 rings (SSSR count). The molecule has 104 valence electrons. The van der Waals surface area contributed by atoms with Gasteiger partial charge in [-0.05, 0) is 12.8 Å². The standard InChI is InChI=1S/C11H21N3O4/c1-7(2)5-12-9(15)6-14(4)11(18)13-8(3)10(16)17/h7-8H,5-6H2,1-4H3,(H,12,15)(H,13,18)(H,16,17)/t8-/m1/s1. The molecular weight excluding hydrogens is 238 g/mol. The molecule has 0 fully saturated rings. The van der Waals surface area contributed by atoms with E-state index in [2.05, 4.69) is 10.6 Å². The van der Waals surface area contributed by atoms with Crippen LogP contribution < -0.4 is 10.6 Å². The van der Waals surface area contributed by atoms with Crippen molar-refractivity contribution in [2.24, 2.45) is 5.92 Å². The maximum atomic E-state index is 11.5. The van der Waals surface area contributed by atoms with Crippen molar-refractivity contribution in [1.82, 2.24) is 15.5 Å². The van der Waals surface area contributed by atoms with Gasteiger partial charge in [0.15, 0.2) is 0 Å². The molecule has 7 heteroatoms. The SMILES string of the molecule is CC(C)CNC(=O)CN(C)C(=O)N[C@H](C)C(=O)O. The molecule has 0 saturated carbocycles. The topological polar surface area (TPSA) is 98.7 Å². The molecule has 0 aliphatic carbocycles. The first-order chi connectivity index (χ1) is 8.23. The number of rotatable bonds is 6. The summed E-state index contributed by atoms with van der Waals surface area (Å²) < 4.78 is 0. The number of hydrogen-bond donors (Lipinski definition) is 3. The van der Waals surface area contributed by atoms with Crippen LogP contribution in [0.4, 0.5) is 4.79 Å². The van der Waals surface area contributed by atoms with Gasteiger partial charge in [0.1, 0.15) is 12.6 Å². The molecule has 0 aliphatic rings. The molecule has 0 saturated heterocycles. The molecule has 0 aliphatic heterocycles. The zero-order chi connectivity index (χ0) is 14.3. The lowest BCUT2D eigenvalue weighted by Crippen LogP contribution is -2.48. The molecule has 18 heavy (non-hydrogen) atoms. The number of carboxylic acids is 1. The van der Waals surface area contributed by atoms with Crippen LogP contribution in [-0.4, -0.2) is 54.1 Å². The van der Waals surface area contributed by atoms with Crippen molar-refractivity contribution in [1.29, 1.82) is 0 Å². The lowest BCUT2D eigenvalue weighted by molar-refractivity contribution is -0.138. The van der Waals surface area contributed by atoms with Gasteiger partial charge in [0, 0.05) is 13.6 Å². The molecule has 0 aromatic heterocycles. The van der Waals surface area contributed by atoms with Crippen LogP contribution in [0.15, 0.2) is 0 Å². The molecule has 0 radical (unpaired) electrons. The van der Waals surface area contributed by atoms with Crippen molar-refractivity contribution in [3.63, 3.8) is 0 Å². The highest BCUT2D eigenvalue weighted by atomic mass is 16.4. The van der Waals surface area contributed by atoms with Crippen LogP contribution in [0, 0.1) is 5.92 Å². The maximum absolute atomic E-state index is 11.5. The van der Waals surface area contributed by atoms with E-state index in [1.165, 1.54) is 14.0 Å². The number of urea groups is 1. The Kier molecular flexibility index (Phi) is 6.77. The van der Waals surface area contributed by atoms with Crippen molar-refractivity contribution in [3.8, 4) is 0 Å². The second-order valence-electron chi connectivity index (χ2n) is 4.56. The summed E-state index contributed by atoms with van der Waals surface area (Å²) in [6.45, 7) is 5.72. The maximum Gasteiger partial charge on any atom is 0.325 e. The Hall–Kier alpha value is -1.79. The molecule has 0 aromatic rings. The van der Waals surface area contributed by atoms with E-state index >= 15 is 0 Å². The smallest absolute Gasteiger partial charge is 0.325 e. The monoisotopic (exact) mass is 259 g/mol. The molecule has 7 nitrogen and oxygen atoms in total. The summed E-state index contributed by atoms with van der Waals surface area (Å²) in [5.41, 5.74) is 0. The Morgan fingerprint density at radius 3 is 2.22 bits per heavy atom. The van der Waals surface area contributed by atoms with Crippen molar-refractivity contribution in [2.75, 3.05) is 20.1 Å². The molecule has 0 spiro atoms. The van der Waals surface area contributed by atoms with Gasteiger partial charge in [-0.1, -0.05) is 13.8 Å². The number of nitrogens with zero attached hydrogens (tertiary/aromatic N) is 1. The molecule has 3 amide bonds. The molecule has 0 bridgehead atoms. The van der Waals surface area contributed by atoms with Crippen molar-refractivity contribution in [2.45, 2.75) is 26.8 Å². The van der Waals surface area contributed by atoms with Crippen LogP contribution in [-0.2, 0) is 9.59 Å². The zero-order valence-electron chi connectivity index (χ0n) is 11.2. The summed E-state index contributed by atoms with van der Waals surface area (Å²) in [6, 6.07) is -1.58. The number of likely N-dealkylation sites (N-methyl/N-ethyl adjacent to an activating group) is 1. The normalized spacial score (nSPS) is 11.8. The van der Waals surface area contributed by atoms with Gasteiger partial charge in [0.2, 0.25) is 5.91 Å². The number of nitrogens with one attached hydrogen (secondary N) is 2. The van der Waals surface area contributed by atoms with Gasteiger partial charge in [-0.25, -0.2) is 4.79 Å². The minimum atomic E-state index is -1.12. The lowest BCUT2D eigenvalue weighted by atomic mass is 10.2. The van der Waals surface area contributed by atoms with Crippen LogP contribution in [0.2, 0.25) is 0 Å². The van der Waals surface area contributed by atoms with Gasteiger partial charge in [-0.3, -0.25) is 9.59 Å². The Balaban J connectivity index is 4.08. The highest BCUT2D eigenvalue weighted by molar-refractivity contribution is 5.86. The first-order valence-electron chi connectivity index (χ1n) is 5.75. The van der Waals surface area contributed by atoms with Crippen LogP contribution in [0.5, 0.6) is 0 Å². The zero-order valence-corrected chi connectivity index (χ0v) is 11.2. The van der Waals surface area contributed by atoms with E-state index in [0.29, 0.717) is 12.5 Å². The van der Waals surface area contributed by atoms with Crippen molar-refractivity contribution < 1.29 is 19.5 Å². The summed E-state index contributed by atoms with van der Waals surface area (Å²) in [5, 5.41) is 13.6. The quantitative estimate of drug-likeness (QED) is 0.619. The largest absolute Gasteiger partial charge is 0.480 e. The highest BCUT2D eigenvalue weighted by Gasteiger charge is 2.18. The predicted octanol–water partition coefficient (Wildman–Crippen LogP) is -0.127. The number of amides is 3. The van der Waals surface area contributed by atoms with E-state index in [1.807, 2.05) is 13.8 Å². The third-order valence-electron chi connectivity index (χ3n) is 2.15. The van der Waals surface area contributed by atoms with E-state index in [9.17, 15) is 14.4 Å². The molecule has 3 N–H and O–H groups in total. The van der Waals surface area contributed by atoms with Gasteiger partial charge in [-0.15, -0.1) is 0 Å². The molecule has 0 heterocycles. The Bertz CT molecular complexity index is 317. The first-order valence-corrected chi connectivity index (χ1v) is 5.75. The Morgan fingerprint density at radius 2 is 1.78 bits per heavy atom. The molecular formula is C11H21N3O4. The number of hydrogen-bond acceptors (Lipinski definition) is 3. The second kappa shape index (κ2) is 7.52. The summed E-state index contributed by atoms with van der Waals surface area (Å²) >= 11 is 0. The third kappa shape index (κ3) is 6.72. The average Bonchev–Trinajstić information content (AvgIpc) is 2.25. The van der Waals surface area contributed by atoms with Crippen molar-refractivity contribution in [3.05, 3.63) is 0 Å². The highest BCUT2D eigenvalue weighted by Crippen LogP contribution is 1.90. The number of carbonyl (C=O) groups excluding carboxylic acids is 2. The van der Waals surface area contributed by atoms with E-state index in [-0.39, 0.29) is 12.5 Å². The number of aliphatic carboxylic acids is 1. The van der Waals surface area contributed by atoms with Crippen LogP contribution in [0.1, 0.15) is 20.8 Å². The molecule has 0 aromatic carbocycles. The summed E-state index contributed by atoms with van der Waals surface area (Å²) in [5.74, 6) is -1.06. The Labute approximate surface area is 107 Å². The van der Waals surface area contributed by atoms with E-state index in [0.717, 1.165) is 4.90 Å². The lowest BCUT2D eigenvalue weighted by Gasteiger charge is -2.19. The minimum Gasteiger partial charge on any atom is -0.480 e. The fourth-order valence-corrected chi connectivity index (χ4v) is 1.02. The van der Waals surface area contributed by atoms with Crippen LogP contribution in [0.3, 0.4) is 0 Å². The van der Waals surface area contributed by atoms with Crippen LogP contribution in [0.25, 0.3) is 0 Å². The van der Waals surface area contributed by atoms with Gasteiger partial charge in [0.25, 0.3) is 0 Å².